The van der Waals surface area contributed by atoms with Crippen LogP contribution in [0.1, 0.15) is 35.4 Å². The van der Waals surface area contributed by atoms with Crippen LogP contribution in [0, 0.1) is 11.6 Å². The maximum atomic E-state index is 13.2. The van der Waals surface area contributed by atoms with Crippen LogP contribution in [0.15, 0.2) is 60.9 Å². The maximum absolute atomic E-state index is 13.2. The molecule has 3 fully saturated rings. The summed E-state index contributed by atoms with van der Waals surface area (Å²) in [4.78, 5) is 29.1. The normalized spacial score (nSPS) is 23.5. The molecule has 12 nitrogen and oxygen atoms in total. The number of halogens is 2. The molecular formula is C28H26F2N8O4. The molecule has 216 valence electrons. The Balaban J connectivity index is 0.984. The van der Waals surface area contributed by atoms with E-state index >= 15 is 0 Å². The van der Waals surface area contributed by atoms with E-state index in [1.807, 2.05) is 0 Å². The lowest BCUT2D eigenvalue weighted by molar-refractivity contribution is -0.256. The summed E-state index contributed by atoms with van der Waals surface area (Å²) in [5, 5.41) is 16.6. The topological polar surface area (TPSA) is 120 Å². The highest BCUT2D eigenvalue weighted by Crippen LogP contribution is 2.38. The number of aromatic nitrogens is 6. The number of likely N-dealkylation sites (tertiary alicyclic amines) is 2. The zero-order chi connectivity index (χ0) is 28.8. The largest absolute Gasteiger partial charge is 0.347 e. The number of rotatable bonds is 8. The number of nitrogens with zero attached hydrogens (tertiary/aromatic N) is 8. The second-order valence-electron chi connectivity index (χ2n) is 10.6. The number of benzene rings is 2. The van der Waals surface area contributed by atoms with E-state index in [4.69, 9.17) is 9.47 Å². The standard InChI is InChI=1S/C28H26F2N8O4/c29-19-5-1-17(2-6-19)11-35-13-21(31-33-35)15-37-25(39)9-23-27(37)41-24-10-26(40)38(28(24)42-23)16-22-14-36(34-32-22)12-18-3-7-20(30)8-4-18/h1-8,13-14,23-24,27-28H,9-12,15-16H2/t23-,24-,27-,28-/m1/s1. The molecule has 0 N–H and O–H groups in total. The van der Waals surface area contributed by atoms with Crippen LogP contribution in [-0.2, 0) is 45.2 Å². The Morgan fingerprint density at radius 2 is 1.05 bits per heavy atom. The van der Waals surface area contributed by atoms with Gasteiger partial charge in [-0.2, -0.15) is 0 Å². The monoisotopic (exact) mass is 576 g/mol. The number of hydrogen-bond donors (Lipinski definition) is 0. The van der Waals surface area contributed by atoms with Crippen molar-refractivity contribution in [2.45, 2.75) is 63.7 Å². The summed E-state index contributed by atoms with van der Waals surface area (Å²) in [5.74, 6) is -0.898. The molecule has 3 aliphatic rings. The molecular weight excluding hydrogens is 550 g/mol. The predicted octanol–water partition coefficient (Wildman–Crippen LogP) is 1.85. The highest BCUT2D eigenvalue weighted by Gasteiger charge is 2.54. The lowest BCUT2D eigenvalue weighted by Gasteiger charge is -2.39. The Bertz CT molecular complexity index is 1490. The summed E-state index contributed by atoms with van der Waals surface area (Å²) in [7, 11) is 0. The zero-order valence-corrected chi connectivity index (χ0v) is 22.3. The van der Waals surface area contributed by atoms with Crippen molar-refractivity contribution in [2.24, 2.45) is 0 Å². The van der Waals surface area contributed by atoms with E-state index in [-0.39, 0.29) is 49.4 Å². The average Bonchev–Trinajstić information content (AvgIpc) is 3.74. The van der Waals surface area contributed by atoms with Gasteiger partial charge < -0.3 is 19.3 Å². The van der Waals surface area contributed by atoms with Crippen LogP contribution < -0.4 is 0 Å². The molecule has 2 amide bonds. The van der Waals surface area contributed by atoms with Crippen LogP contribution in [0.4, 0.5) is 8.78 Å². The fourth-order valence-electron chi connectivity index (χ4n) is 5.61. The van der Waals surface area contributed by atoms with Crippen LogP contribution >= 0.6 is 0 Å². The van der Waals surface area contributed by atoms with E-state index in [2.05, 4.69) is 20.6 Å². The molecule has 0 aliphatic carbocycles. The average molecular weight is 577 g/mol. The van der Waals surface area contributed by atoms with Gasteiger partial charge in [0.25, 0.3) is 0 Å². The van der Waals surface area contributed by atoms with Gasteiger partial charge in [0.15, 0.2) is 12.5 Å². The van der Waals surface area contributed by atoms with Crippen molar-refractivity contribution in [1.82, 2.24) is 39.8 Å². The summed E-state index contributed by atoms with van der Waals surface area (Å²) in [6.07, 6.45) is 1.32. The molecule has 7 rings (SSSR count). The van der Waals surface area contributed by atoms with Gasteiger partial charge >= 0.3 is 0 Å². The van der Waals surface area contributed by atoms with E-state index in [9.17, 15) is 18.4 Å². The van der Waals surface area contributed by atoms with E-state index in [1.54, 1.807) is 55.8 Å². The minimum Gasteiger partial charge on any atom is -0.347 e. The van der Waals surface area contributed by atoms with Gasteiger partial charge in [0, 0.05) is 0 Å². The molecule has 14 heteroatoms. The van der Waals surface area contributed by atoms with Gasteiger partial charge in [-0.1, -0.05) is 34.7 Å². The fourth-order valence-corrected chi connectivity index (χ4v) is 5.61. The summed E-state index contributed by atoms with van der Waals surface area (Å²) in [6.45, 7) is 1.18. The molecule has 0 unspecified atom stereocenters. The highest BCUT2D eigenvalue weighted by atomic mass is 19.1. The van der Waals surface area contributed by atoms with Crippen molar-refractivity contribution in [2.75, 3.05) is 0 Å². The highest BCUT2D eigenvalue weighted by molar-refractivity contribution is 5.81. The van der Waals surface area contributed by atoms with Crippen molar-refractivity contribution in [3.05, 3.63) is 95.1 Å². The number of carbonyl (C=O) groups excluding carboxylic acids is 2. The van der Waals surface area contributed by atoms with E-state index in [0.29, 0.717) is 24.5 Å². The number of hydrogen-bond acceptors (Lipinski definition) is 8. The summed E-state index contributed by atoms with van der Waals surface area (Å²) in [5.41, 5.74) is 2.88. The molecule has 2 aromatic heterocycles. The van der Waals surface area contributed by atoms with Crippen LogP contribution in [0.3, 0.4) is 0 Å². The lowest BCUT2D eigenvalue weighted by atomic mass is 10.2. The van der Waals surface area contributed by atoms with Crippen molar-refractivity contribution in [3.63, 3.8) is 0 Å². The Morgan fingerprint density at radius 3 is 1.45 bits per heavy atom. The first-order chi connectivity index (χ1) is 20.4. The van der Waals surface area contributed by atoms with Gasteiger partial charge in [0.2, 0.25) is 11.8 Å². The molecule has 0 spiro atoms. The summed E-state index contributed by atoms with van der Waals surface area (Å²) >= 11 is 0. The van der Waals surface area contributed by atoms with E-state index < -0.39 is 24.7 Å². The van der Waals surface area contributed by atoms with Gasteiger partial charge in [-0.05, 0) is 35.4 Å². The van der Waals surface area contributed by atoms with Crippen LogP contribution in [0.2, 0.25) is 0 Å². The SMILES string of the molecule is O=C1C[C@H]2O[C@@H]3[C@@H](CC(=O)N3Cc3cn(Cc4ccc(F)cc4)nn3)O[C@H]2N1Cc1cn(Cc2ccc(F)cc2)nn1. The second kappa shape index (κ2) is 10.7. The van der Waals surface area contributed by atoms with Crippen molar-refractivity contribution in [1.29, 1.82) is 0 Å². The Hall–Kier alpha value is -4.56. The van der Waals surface area contributed by atoms with Crippen LogP contribution in [-0.4, -0.2) is 76.3 Å². The predicted molar refractivity (Wildman–Crippen MR) is 139 cm³/mol. The third kappa shape index (κ3) is 5.25. The molecule has 0 radical (unpaired) electrons. The third-order valence-corrected chi connectivity index (χ3v) is 7.62. The first-order valence-electron chi connectivity index (χ1n) is 13.5. The minimum absolute atomic E-state index is 0.119. The first-order valence-corrected chi connectivity index (χ1v) is 13.5. The number of carbonyl (C=O) groups is 2. The van der Waals surface area contributed by atoms with Gasteiger partial charge in [0.05, 0.1) is 51.4 Å². The van der Waals surface area contributed by atoms with E-state index in [1.165, 1.54) is 24.3 Å². The minimum atomic E-state index is -0.648. The second-order valence-corrected chi connectivity index (χ2v) is 10.6. The summed E-state index contributed by atoms with van der Waals surface area (Å²) < 4.78 is 42.2. The summed E-state index contributed by atoms with van der Waals surface area (Å²) in [6, 6.07) is 12.3. The molecule has 3 saturated heterocycles. The van der Waals surface area contributed by atoms with Crippen LogP contribution in [0.5, 0.6) is 0 Å². The molecule has 5 heterocycles. The Kier molecular flexibility index (Phi) is 6.70. The maximum Gasteiger partial charge on any atom is 0.227 e. The first kappa shape index (κ1) is 26.3. The van der Waals surface area contributed by atoms with E-state index in [0.717, 1.165) is 11.1 Å². The molecule has 0 bridgehead atoms. The van der Waals surface area contributed by atoms with Gasteiger partial charge in [0.1, 0.15) is 35.2 Å². The molecule has 4 aromatic rings. The third-order valence-electron chi connectivity index (χ3n) is 7.62. The fraction of sp³-hybridized carbons (Fsp3) is 0.357. The molecule has 42 heavy (non-hydrogen) atoms. The van der Waals surface area contributed by atoms with Gasteiger partial charge in [-0.25, -0.2) is 18.1 Å². The Labute approximate surface area is 238 Å². The zero-order valence-electron chi connectivity index (χ0n) is 22.3. The van der Waals surface area contributed by atoms with Crippen molar-refractivity contribution >= 4 is 11.8 Å². The smallest absolute Gasteiger partial charge is 0.227 e. The number of ether oxygens (including phenoxy) is 2. The molecule has 0 saturated carbocycles. The Morgan fingerprint density at radius 1 is 0.643 bits per heavy atom. The molecule has 4 atom stereocenters. The van der Waals surface area contributed by atoms with Gasteiger partial charge in [-0.15, -0.1) is 10.2 Å². The van der Waals surface area contributed by atoms with Crippen LogP contribution in [0.25, 0.3) is 0 Å². The number of amides is 2. The lowest BCUT2D eigenvalue weighted by Crippen LogP contribution is -2.53. The quantitative estimate of drug-likeness (QED) is 0.312. The molecule has 3 aliphatic heterocycles. The van der Waals surface area contributed by atoms with Crippen molar-refractivity contribution in [3.8, 4) is 0 Å². The van der Waals surface area contributed by atoms with Gasteiger partial charge in [-0.3, -0.25) is 9.59 Å². The number of fused-ring (bicyclic) bond motifs is 2. The molecule has 2 aromatic carbocycles. The van der Waals surface area contributed by atoms with Crippen molar-refractivity contribution < 1.29 is 27.8 Å².